The summed E-state index contributed by atoms with van der Waals surface area (Å²) in [4.78, 5) is 28.3. The maximum absolute atomic E-state index is 13.7. The minimum atomic E-state index is -1.03. The number of amides is 1. The molecule has 1 aliphatic rings. The first kappa shape index (κ1) is 24.1. The van der Waals surface area contributed by atoms with Gasteiger partial charge in [-0.1, -0.05) is 18.8 Å². The Morgan fingerprint density at radius 1 is 1.31 bits per heavy atom. The lowest BCUT2D eigenvalue weighted by atomic mass is 9.82. The van der Waals surface area contributed by atoms with Gasteiger partial charge in [0.15, 0.2) is 0 Å². The van der Waals surface area contributed by atoms with Gasteiger partial charge >= 0.3 is 5.97 Å². The number of carbonyl (C=O) groups is 2. The normalized spacial score (nSPS) is 19.7. The standard InChI is InChI=1S/C25H33N3O3S/c1-17-7-9-19(10-8-17)23(29)27(16-18(2)28-14-6-13-26-28)21-15-20(11-12-25(3,4)5)32-22(21)24(30)31/h6,13-15,17-19H,7-10,16H2,1-5H3,(H,30,31). The predicted molar refractivity (Wildman–Crippen MR) is 128 cm³/mol. The highest BCUT2D eigenvalue weighted by atomic mass is 32.1. The number of anilines is 1. The Bertz CT molecular complexity index is 1000. The van der Waals surface area contributed by atoms with Crippen LogP contribution in [0.3, 0.4) is 0 Å². The zero-order valence-electron chi connectivity index (χ0n) is 19.6. The molecule has 7 heteroatoms. The van der Waals surface area contributed by atoms with Gasteiger partial charge in [0.2, 0.25) is 5.91 Å². The average Bonchev–Trinajstić information content (AvgIpc) is 3.40. The lowest BCUT2D eigenvalue weighted by Gasteiger charge is -2.32. The summed E-state index contributed by atoms with van der Waals surface area (Å²) in [5, 5.41) is 14.2. The third-order valence-corrected chi connectivity index (χ3v) is 6.84. The molecule has 0 aliphatic heterocycles. The molecule has 2 heterocycles. The van der Waals surface area contributed by atoms with Crippen molar-refractivity contribution in [1.29, 1.82) is 0 Å². The van der Waals surface area contributed by atoms with Gasteiger partial charge in [-0.2, -0.15) is 5.10 Å². The molecular weight excluding hydrogens is 422 g/mol. The number of carbonyl (C=O) groups excluding carboxylic acids is 1. The smallest absolute Gasteiger partial charge is 0.348 e. The van der Waals surface area contributed by atoms with Gasteiger partial charge in [-0.05, 0) is 71.4 Å². The first-order valence-electron chi connectivity index (χ1n) is 11.3. The molecule has 172 valence electrons. The Labute approximate surface area is 194 Å². The fourth-order valence-electron chi connectivity index (χ4n) is 3.97. The first-order valence-corrected chi connectivity index (χ1v) is 12.1. The van der Waals surface area contributed by atoms with Crippen molar-refractivity contribution in [1.82, 2.24) is 9.78 Å². The number of hydrogen-bond acceptors (Lipinski definition) is 4. The van der Waals surface area contributed by atoms with Crippen molar-refractivity contribution in [3.05, 3.63) is 34.3 Å². The van der Waals surface area contributed by atoms with Crippen LogP contribution >= 0.6 is 11.3 Å². The largest absolute Gasteiger partial charge is 0.477 e. The maximum Gasteiger partial charge on any atom is 0.348 e. The summed E-state index contributed by atoms with van der Waals surface area (Å²) in [5.41, 5.74) is 0.250. The zero-order chi connectivity index (χ0) is 23.5. The SMILES string of the molecule is CC1CCC(C(=O)N(CC(C)n2cccn2)c2cc(C#CC(C)(C)C)sc2C(=O)O)CC1. The van der Waals surface area contributed by atoms with Crippen LogP contribution in [0, 0.1) is 29.1 Å². The van der Waals surface area contributed by atoms with Crippen molar-refractivity contribution in [2.75, 3.05) is 11.4 Å². The molecule has 0 aromatic carbocycles. The molecule has 0 saturated heterocycles. The maximum atomic E-state index is 13.7. The van der Waals surface area contributed by atoms with E-state index in [2.05, 4.69) is 23.9 Å². The third-order valence-electron chi connectivity index (χ3n) is 5.81. The molecule has 1 amide bonds. The van der Waals surface area contributed by atoms with Gasteiger partial charge in [-0.25, -0.2) is 4.79 Å². The molecule has 1 aliphatic carbocycles. The highest BCUT2D eigenvalue weighted by molar-refractivity contribution is 7.15. The van der Waals surface area contributed by atoms with Gasteiger partial charge in [0, 0.05) is 30.3 Å². The van der Waals surface area contributed by atoms with E-state index in [1.165, 1.54) is 0 Å². The van der Waals surface area contributed by atoms with Crippen LogP contribution in [0.25, 0.3) is 0 Å². The second-order valence-electron chi connectivity index (χ2n) is 9.87. The number of thiophene rings is 1. The second kappa shape index (κ2) is 9.91. The van der Waals surface area contributed by atoms with E-state index in [-0.39, 0.29) is 28.2 Å². The van der Waals surface area contributed by atoms with Crippen LogP contribution in [0.5, 0.6) is 0 Å². The van der Waals surface area contributed by atoms with Gasteiger partial charge < -0.3 is 10.0 Å². The number of hydrogen-bond donors (Lipinski definition) is 1. The molecule has 0 spiro atoms. The summed E-state index contributed by atoms with van der Waals surface area (Å²) in [7, 11) is 0. The monoisotopic (exact) mass is 455 g/mol. The van der Waals surface area contributed by atoms with Crippen LogP contribution in [0.2, 0.25) is 0 Å². The van der Waals surface area contributed by atoms with Gasteiger partial charge in [0.1, 0.15) is 4.88 Å². The predicted octanol–water partition coefficient (Wildman–Crippen LogP) is 5.46. The summed E-state index contributed by atoms with van der Waals surface area (Å²) in [6, 6.07) is 3.52. The summed E-state index contributed by atoms with van der Waals surface area (Å²) < 4.78 is 1.80. The van der Waals surface area contributed by atoms with Crippen molar-refractivity contribution in [2.45, 2.75) is 66.3 Å². The van der Waals surface area contributed by atoms with Gasteiger partial charge in [0.25, 0.3) is 0 Å². The van der Waals surface area contributed by atoms with Crippen molar-refractivity contribution in [3.63, 3.8) is 0 Å². The number of carboxylic acids is 1. The molecular formula is C25H33N3O3S. The third kappa shape index (κ3) is 6.01. The number of rotatable bonds is 6. The topological polar surface area (TPSA) is 75.4 Å². The lowest BCUT2D eigenvalue weighted by Crippen LogP contribution is -2.41. The van der Waals surface area contributed by atoms with E-state index in [1.54, 1.807) is 21.8 Å². The molecule has 3 rings (SSSR count). The van der Waals surface area contributed by atoms with Crippen LogP contribution in [0.4, 0.5) is 5.69 Å². The molecule has 2 aromatic rings. The van der Waals surface area contributed by atoms with Crippen molar-refractivity contribution in [3.8, 4) is 11.8 Å². The number of aromatic carboxylic acids is 1. The van der Waals surface area contributed by atoms with Crippen LogP contribution in [-0.2, 0) is 4.79 Å². The molecule has 2 aromatic heterocycles. The van der Waals surface area contributed by atoms with Crippen LogP contribution < -0.4 is 4.90 Å². The van der Waals surface area contributed by atoms with E-state index >= 15 is 0 Å². The molecule has 1 unspecified atom stereocenters. The Hall–Kier alpha value is -2.59. The number of carboxylic acid groups (broad SMARTS) is 1. The van der Waals surface area contributed by atoms with Gasteiger partial charge in [-0.15, -0.1) is 11.3 Å². The lowest BCUT2D eigenvalue weighted by molar-refractivity contribution is -0.123. The van der Waals surface area contributed by atoms with E-state index < -0.39 is 5.97 Å². The van der Waals surface area contributed by atoms with E-state index in [0.29, 0.717) is 23.0 Å². The van der Waals surface area contributed by atoms with E-state index in [9.17, 15) is 14.7 Å². The summed E-state index contributed by atoms with van der Waals surface area (Å²) >= 11 is 1.14. The zero-order valence-corrected chi connectivity index (χ0v) is 20.4. The minimum Gasteiger partial charge on any atom is -0.477 e. The quantitative estimate of drug-likeness (QED) is 0.587. The van der Waals surface area contributed by atoms with E-state index in [0.717, 1.165) is 37.0 Å². The minimum absolute atomic E-state index is 0.00605. The fraction of sp³-hybridized carbons (Fsp3) is 0.560. The Morgan fingerprint density at radius 2 is 2.00 bits per heavy atom. The molecule has 1 fully saturated rings. The second-order valence-corrected chi connectivity index (χ2v) is 10.9. The van der Waals surface area contributed by atoms with Gasteiger partial charge in [-0.3, -0.25) is 9.48 Å². The highest BCUT2D eigenvalue weighted by Crippen LogP contribution is 2.36. The van der Waals surface area contributed by atoms with E-state index in [1.807, 2.05) is 40.0 Å². The van der Waals surface area contributed by atoms with Gasteiger partial charge in [0.05, 0.1) is 16.6 Å². The van der Waals surface area contributed by atoms with Crippen LogP contribution in [-0.4, -0.2) is 33.3 Å². The molecule has 32 heavy (non-hydrogen) atoms. The van der Waals surface area contributed by atoms with Crippen molar-refractivity contribution >= 4 is 28.9 Å². The molecule has 1 saturated carbocycles. The molecule has 1 atom stereocenters. The van der Waals surface area contributed by atoms with E-state index in [4.69, 9.17) is 0 Å². The summed E-state index contributed by atoms with van der Waals surface area (Å²) in [6.45, 7) is 10.6. The summed E-state index contributed by atoms with van der Waals surface area (Å²) in [6.07, 6.45) is 7.30. The van der Waals surface area contributed by atoms with Crippen molar-refractivity contribution < 1.29 is 14.7 Å². The first-order chi connectivity index (χ1) is 15.0. The fourth-order valence-corrected chi connectivity index (χ4v) is 4.82. The Kier molecular flexibility index (Phi) is 7.45. The molecule has 1 N–H and O–H groups in total. The summed E-state index contributed by atoms with van der Waals surface area (Å²) in [5.74, 6) is 5.80. The number of nitrogens with zero attached hydrogens (tertiary/aromatic N) is 3. The molecule has 0 radical (unpaired) electrons. The van der Waals surface area contributed by atoms with Crippen molar-refractivity contribution in [2.24, 2.45) is 17.3 Å². The van der Waals surface area contributed by atoms with Crippen LogP contribution in [0.15, 0.2) is 24.5 Å². The molecule has 0 bridgehead atoms. The highest BCUT2D eigenvalue weighted by Gasteiger charge is 2.33. The number of aromatic nitrogens is 2. The molecule has 6 nitrogen and oxygen atoms in total. The Balaban J connectivity index is 1.99. The average molecular weight is 456 g/mol. The Morgan fingerprint density at radius 3 is 2.56 bits per heavy atom. The van der Waals surface area contributed by atoms with Crippen LogP contribution in [0.1, 0.15) is 80.9 Å².